The van der Waals surface area contributed by atoms with Crippen LogP contribution >= 0.6 is 11.6 Å². The molecule has 1 N–H and O–H groups in total. The minimum atomic E-state index is 0.685. The third kappa shape index (κ3) is 2.07. The lowest BCUT2D eigenvalue weighted by molar-refractivity contribution is 1.31. The number of fused-ring (bicyclic) bond motifs is 2. The predicted molar refractivity (Wildman–Crippen MR) is 91.9 cm³/mol. The number of pyridine rings is 2. The lowest BCUT2D eigenvalue weighted by atomic mass is 10.1. The lowest BCUT2D eigenvalue weighted by Gasteiger charge is -2.06. The van der Waals surface area contributed by atoms with Gasteiger partial charge < -0.3 is 4.98 Å². The standard InChI is InChI=1S/C18H12ClN3/c1-2-11-3-4-14-15(19)9-16(22-17(14)7-11)13-8-12-5-6-20-18(12)21-10-13/h2-10H,1H2,(H,20,21). The van der Waals surface area contributed by atoms with Gasteiger partial charge in [0.05, 0.1) is 16.2 Å². The quantitative estimate of drug-likeness (QED) is 0.561. The van der Waals surface area contributed by atoms with Crippen LogP contribution in [0.5, 0.6) is 0 Å². The van der Waals surface area contributed by atoms with Crippen LogP contribution in [0.25, 0.3) is 39.3 Å². The van der Waals surface area contributed by atoms with Crippen molar-refractivity contribution in [1.29, 1.82) is 0 Å². The van der Waals surface area contributed by atoms with Crippen LogP contribution in [-0.4, -0.2) is 15.0 Å². The second-order valence-corrected chi connectivity index (χ2v) is 5.52. The summed E-state index contributed by atoms with van der Waals surface area (Å²) in [6.07, 6.45) is 5.48. The van der Waals surface area contributed by atoms with Gasteiger partial charge in [-0.3, -0.25) is 0 Å². The minimum absolute atomic E-state index is 0.685. The van der Waals surface area contributed by atoms with Crippen molar-refractivity contribution in [3.8, 4) is 11.3 Å². The van der Waals surface area contributed by atoms with Gasteiger partial charge in [0, 0.05) is 28.7 Å². The second-order valence-electron chi connectivity index (χ2n) is 5.11. The zero-order chi connectivity index (χ0) is 15.1. The summed E-state index contributed by atoms with van der Waals surface area (Å²) in [5.74, 6) is 0. The van der Waals surface area contributed by atoms with E-state index in [-0.39, 0.29) is 0 Å². The first kappa shape index (κ1) is 13.0. The van der Waals surface area contributed by atoms with Gasteiger partial charge in [-0.05, 0) is 29.8 Å². The van der Waals surface area contributed by atoms with Crippen LogP contribution in [0, 0.1) is 0 Å². The van der Waals surface area contributed by atoms with Crippen molar-refractivity contribution in [2.45, 2.75) is 0 Å². The van der Waals surface area contributed by atoms with E-state index in [1.54, 1.807) is 12.3 Å². The summed E-state index contributed by atoms with van der Waals surface area (Å²) in [7, 11) is 0. The molecule has 4 heteroatoms. The van der Waals surface area contributed by atoms with Gasteiger partial charge in [0.2, 0.25) is 0 Å². The molecule has 3 aromatic heterocycles. The maximum Gasteiger partial charge on any atom is 0.137 e. The van der Waals surface area contributed by atoms with Crippen LogP contribution in [0.4, 0.5) is 0 Å². The molecule has 0 saturated heterocycles. The molecular formula is C18H12ClN3. The van der Waals surface area contributed by atoms with Crippen LogP contribution in [0.3, 0.4) is 0 Å². The zero-order valence-corrected chi connectivity index (χ0v) is 12.4. The van der Waals surface area contributed by atoms with Gasteiger partial charge >= 0.3 is 0 Å². The van der Waals surface area contributed by atoms with Crippen LogP contribution < -0.4 is 0 Å². The molecule has 106 valence electrons. The number of hydrogen-bond donors (Lipinski definition) is 1. The first-order valence-electron chi connectivity index (χ1n) is 6.91. The molecule has 0 fully saturated rings. The predicted octanol–water partition coefficient (Wildman–Crippen LogP) is 5.07. The van der Waals surface area contributed by atoms with Crippen LogP contribution in [0.15, 0.2) is 55.4 Å². The van der Waals surface area contributed by atoms with E-state index in [1.807, 2.05) is 36.5 Å². The topological polar surface area (TPSA) is 41.6 Å². The Balaban J connectivity index is 1.95. The normalized spacial score (nSPS) is 11.1. The van der Waals surface area contributed by atoms with Gasteiger partial charge in [-0.2, -0.15) is 0 Å². The molecule has 0 aliphatic carbocycles. The molecule has 0 atom stereocenters. The van der Waals surface area contributed by atoms with Crippen LogP contribution in [0.1, 0.15) is 5.56 Å². The van der Waals surface area contributed by atoms with Crippen molar-refractivity contribution < 1.29 is 0 Å². The van der Waals surface area contributed by atoms with E-state index < -0.39 is 0 Å². The Hall–Kier alpha value is -2.65. The average molecular weight is 306 g/mol. The second kappa shape index (κ2) is 4.97. The Bertz CT molecular complexity index is 1020. The highest BCUT2D eigenvalue weighted by Gasteiger charge is 2.08. The number of benzene rings is 1. The van der Waals surface area contributed by atoms with Crippen LogP contribution in [0.2, 0.25) is 5.02 Å². The third-order valence-electron chi connectivity index (χ3n) is 3.72. The summed E-state index contributed by atoms with van der Waals surface area (Å²) in [5.41, 5.74) is 4.50. The van der Waals surface area contributed by atoms with E-state index in [1.165, 1.54) is 0 Å². The number of aromatic nitrogens is 3. The van der Waals surface area contributed by atoms with Crippen molar-refractivity contribution in [1.82, 2.24) is 15.0 Å². The number of halogens is 1. The highest BCUT2D eigenvalue weighted by Crippen LogP contribution is 2.29. The molecule has 0 amide bonds. The van der Waals surface area contributed by atoms with E-state index in [0.29, 0.717) is 5.02 Å². The summed E-state index contributed by atoms with van der Waals surface area (Å²) in [5, 5.41) is 2.67. The molecule has 3 heterocycles. The average Bonchev–Trinajstić information content (AvgIpc) is 3.01. The molecule has 0 saturated carbocycles. The Labute approximate surface area is 132 Å². The number of rotatable bonds is 2. The van der Waals surface area contributed by atoms with Crippen LogP contribution in [-0.2, 0) is 0 Å². The molecule has 0 aliphatic rings. The molecule has 0 unspecified atom stereocenters. The highest BCUT2D eigenvalue weighted by molar-refractivity contribution is 6.35. The Kier molecular flexibility index (Phi) is 2.94. The van der Waals surface area contributed by atoms with Crippen molar-refractivity contribution in [2.24, 2.45) is 0 Å². The third-order valence-corrected chi connectivity index (χ3v) is 4.03. The largest absolute Gasteiger partial charge is 0.346 e. The van der Waals surface area contributed by atoms with Gasteiger partial charge in [0.1, 0.15) is 5.65 Å². The molecule has 0 radical (unpaired) electrons. The molecule has 22 heavy (non-hydrogen) atoms. The van der Waals surface area contributed by atoms with Crippen molar-refractivity contribution in [2.75, 3.05) is 0 Å². The van der Waals surface area contributed by atoms with E-state index in [0.717, 1.165) is 38.8 Å². The highest BCUT2D eigenvalue weighted by atomic mass is 35.5. The summed E-state index contributed by atoms with van der Waals surface area (Å²) >= 11 is 6.41. The van der Waals surface area contributed by atoms with Crippen molar-refractivity contribution >= 4 is 39.6 Å². The maximum atomic E-state index is 6.41. The Morgan fingerprint density at radius 3 is 2.91 bits per heavy atom. The molecule has 0 spiro atoms. The molecular weight excluding hydrogens is 294 g/mol. The van der Waals surface area contributed by atoms with Gasteiger partial charge in [0.15, 0.2) is 0 Å². The van der Waals surface area contributed by atoms with E-state index in [4.69, 9.17) is 16.6 Å². The number of hydrogen-bond acceptors (Lipinski definition) is 2. The van der Waals surface area contributed by atoms with Gasteiger partial charge in [0.25, 0.3) is 0 Å². The Morgan fingerprint density at radius 1 is 1.14 bits per heavy atom. The number of aromatic amines is 1. The summed E-state index contributed by atoms with van der Waals surface area (Å²) in [4.78, 5) is 12.2. The molecule has 0 bridgehead atoms. The first-order valence-corrected chi connectivity index (χ1v) is 7.28. The van der Waals surface area contributed by atoms with Gasteiger partial charge in [-0.1, -0.05) is 36.4 Å². The van der Waals surface area contributed by atoms with E-state index in [2.05, 4.69) is 22.6 Å². The first-order chi connectivity index (χ1) is 10.7. The minimum Gasteiger partial charge on any atom is -0.346 e. The molecule has 3 nitrogen and oxygen atoms in total. The molecule has 4 aromatic rings. The zero-order valence-electron chi connectivity index (χ0n) is 11.7. The SMILES string of the molecule is C=Cc1ccc2c(Cl)cc(-c3cnc4[nH]ccc4c3)nc2c1. The van der Waals surface area contributed by atoms with Crippen molar-refractivity contribution in [3.05, 3.63) is 66.0 Å². The van der Waals surface area contributed by atoms with Gasteiger partial charge in [-0.15, -0.1) is 0 Å². The number of nitrogens with zero attached hydrogens (tertiary/aromatic N) is 2. The fourth-order valence-corrected chi connectivity index (χ4v) is 2.82. The summed E-state index contributed by atoms with van der Waals surface area (Å²) in [6, 6.07) is 11.9. The smallest absolute Gasteiger partial charge is 0.137 e. The summed E-state index contributed by atoms with van der Waals surface area (Å²) in [6.45, 7) is 3.79. The number of H-pyrrole nitrogens is 1. The molecule has 0 aliphatic heterocycles. The fourth-order valence-electron chi connectivity index (χ4n) is 2.56. The number of nitrogens with one attached hydrogen (secondary N) is 1. The van der Waals surface area contributed by atoms with E-state index in [9.17, 15) is 0 Å². The fraction of sp³-hybridized carbons (Fsp3) is 0. The maximum absolute atomic E-state index is 6.41. The Morgan fingerprint density at radius 2 is 2.05 bits per heavy atom. The van der Waals surface area contributed by atoms with E-state index >= 15 is 0 Å². The lowest BCUT2D eigenvalue weighted by Crippen LogP contribution is -1.89. The van der Waals surface area contributed by atoms with Gasteiger partial charge in [-0.25, -0.2) is 9.97 Å². The molecule has 4 rings (SSSR count). The van der Waals surface area contributed by atoms with Crippen molar-refractivity contribution in [3.63, 3.8) is 0 Å². The summed E-state index contributed by atoms with van der Waals surface area (Å²) < 4.78 is 0. The molecule has 1 aromatic carbocycles. The monoisotopic (exact) mass is 305 g/mol.